The molecular formula is C41H50N4O6. The molecule has 5 unspecified atom stereocenters. The van der Waals surface area contributed by atoms with Crippen molar-refractivity contribution in [3.63, 3.8) is 0 Å². The van der Waals surface area contributed by atoms with E-state index in [0.717, 1.165) is 28.7 Å². The number of rotatable bonds is 16. The van der Waals surface area contributed by atoms with Crippen LogP contribution >= 0.6 is 0 Å². The van der Waals surface area contributed by atoms with E-state index in [9.17, 15) is 19.8 Å². The number of benzene rings is 4. The average Bonchev–Trinajstić information content (AvgIpc) is 3.15. The number of unbranched alkanes of at least 4 members (excludes halogenated alkanes) is 2. The maximum atomic E-state index is 12.8. The highest BCUT2D eigenvalue weighted by Crippen LogP contribution is 2.39. The van der Waals surface area contributed by atoms with E-state index in [-0.39, 0.29) is 36.7 Å². The van der Waals surface area contributed by atoms with Crippen molar-refractivity contribution in [2.45, 2.75) is 82.7 Å². The summed E-state index contributed by atoms with van der Waals surface area (Å²) in [5, 5.41) is 26.5. The van der Waals surface area contributed by atoms with Gasteiger partial charge in [0.2, 0.25) is 11.8 Å². The Hall–Kier alpha value is -4.58. The number of carbonyl (C=O) groups excluding carboxylic acids is 2. The molecule has 270 valence electrons. The Kier molecular flexibility index (Phi) is 13.7. The van der Waals surface area contributed by atoms with Crippen molar-refractivity contribution in [3.05, 3.63) is 125 Å². The Morgan fingerprint density at radius 2 is 1.53 bits per heavy atom. The Bertz CT molecular complexity index is 1700. The fourth-order valence-corrected chi connectivity index (χ4v) is 6.25. The molecule has 0 radical (unpaired) electrons. The molecule has 1 fully saturated rings. The zero-order valence-electron chi connectivity index (χ0n) is 29.4. The number of aliphatic hydroxyl groups is 2. The van der Waals surface area contributed by atoms with Crippen LogP contribution in [0.3, 0.4) is 0 Å². The van der Waals surface area contributed by atoms with Gasteiger partial charge in [0.05, 0.1) is 36.3 Å². The quantitative estimate of drug-likeness (QED) is 0.0630. The molecule has 0 saturated carbocycles. The molecule has 0 bridgehead atoms. The first kappa shape index (κ1) is 37.7. The van der Waals surface area contributed by atoms with Crippen LogP contribution in [0, 0.1) is 0 Å². The molecule has 0 aliphatic carbocycles. The number of carbonyl (C=O) groups is 2. The summed E-state index contributed by atoms with van der Waals surface area (Å²) in [5.41, 5.74) is 11.1. The SMILES string of the molecule is CC(C(O)c1ccccc1)N(C)CC1CC(c2ccc(CO)cc2)OC(c2cccc(NC(=O)CCCCCC(=O)Nc3ccccc3N)c2)O1. The Labute approximate surface area is 300 Å². The maximum absolute atomic E-state index is 12.8. The van der Waals surface area contributed by atoms with E-state index in [0.29, 0.717) is 55.7 Å². The largest absolute Gasteiger partial charge is 0.397 e. The number of anilines is 3. The van der Waals surface area contributed by atoms with E-state index in [2.05, 4.69) is 15.5 Å². The molecule has 10 nitrogen and oxygen atoms in total. The molecule has 4 aromatic carbocycles. The van der Waals surface area contributed by atoms with Crippen LogP contribution in [0.4, 0.5) is 17.1 Å². The lowest BCUT2D eigenvalue weighted by Gasteiger charge is -2.39. The van der Waals surface area contributed by atoms with E-state index in [4.69, 9.17) is 15.2 Å². The highest BCUT2D eigenvalue weighted by molar-refractivity contribution is 5.93. The molecule has 2 amide bonds. The molecule has 1 heterocycles. The van der Waals surface area contributed by atoms with Crippen LogP contribution in [0.2, 0.25) is 0 Å². The van der Waals surface area contributed by atoms with Gasteiger partial charge in [0, 0.05) is 43.1 Å². The van der Waals surface area contributed by atoms with Gasteiger partial charge in [-0.2, -0.15) is 0 Å². The molecule has 5 rings (SSSR count). The number of para-hydroxylation sites is 2. The van der Waals surface area contributed by atoms with Gasteiger partial charge in [-0.3, -0.25) is 14.5 Å². The molecule has 5 atom stereocenters. The van der Waals surface area contributed by atoms with Crippen molar-refractivity contribution in [2.75, 3.05) is 30.0 Å². The number of ether oxygens (including phenoxy) is 2. The van der Waals surface area contributed by atoms with E-state index >= 15 is 0 Å². The number of amides is 2. The van der Waals surface area contributed by atoms with Crippen LogP contribution in [0.15, 0.2) is 103 Å². The van der Waals surface area contributed by atoms with E-state index in [1.54, 1.807) is 12.1 Å². The molecule has 51 heavy (non-hydrogen) atoms. The van der Waals surface area contributed by atoms with Crippen LogP contribution in [-0.4, -0.2) is 52.7 Å². The minimum Gasteiger partial charge on any atom is -0.397 e. The van der Waals surface area contributed by atoms with Crippen LogP contribution in [0.25, 0.3) is 0 Å². The summed E-state index contributed by atoms with van der Waals surface area (Å²) in [6, 6.07) is 31.9. The van der Waals surface area contributed by atoms with Gasteiger partial charge in [0.1, 0.15) is 0 Å². The number of aliphatic hydroxyl groups excluding tert-OH is 2. The van der Waals surface area contributed by atoms with Crippen LogP contribution < -0.4 is 16.4 Å². The summed E-state index contributed by atoms with van der Waals surface area (Å²) in [6.07, 6.45) is 1.53. The van der Waals surface area contributed by atoms with Crippen LogP contribution in [0.1, 0.15) is 86.2 Å². The summed E-state index contributed by atoms with van der Waals surface area (Å²) >= 11 is 0. The predicted molar refractivity (Wildman–Crippen MR) is 200 cm³/mol. The smallest absolute Gasteiger partial charge is 0.224 e. The van der Waals surface area contributed by atoms with Crippen molar-refractivity contribution < 1.29 is 29.3 Å². The Morgan fingerprint density at radius 1 is 0.843 bits per heavy atom. The first-order valence-corrected chi connectivity index (χ1v) is 17.7. The van der Waals surface area contributed by atoms with Crippen LogP contribution in [0.5, 0.6) is 0 Å². The van der Waals surface area contributed by atoms with Gasteiger partial charge in [-0.25, -0.2) is 0 Å². The van der Waals surface area contributed by atoms with Crippen molar-refractivity contribution in [1.82, 2.24) is 4.90 Å². The standard InChI is InChI=1S/C41H50N4O6/c1-28(40(49)31-12-5-3-6-13-31)45(2)26-34-25-37(30-22-20-29(27-46)21-23-30)51-41(50-34)32-14-11-15-33(24-32)43-38(47)18-7-4-8-19-39(48)44-36-17-10-9-16-35(36)42/h3,5-6,9-17,20-24,28,34,37,40-41,46,49H,4,7-8,18-19,25-27,42H2,1-2H3,(H,43,47)(H,44,48). The monoisotopic (exact) mass is 694 g/mol. The second-order valence-electron chi connectivity index (χ2n) is 13.3. The molecule has 1 aliphatic rings. The summed E-state index contributed by atoms with van der Waals surface area (Å²) in [5.74, 6) is -0.203. The molecule has 1 saturated heterocycles. The normalized spacial score (nSPS) is 18.6. The third-order valence-electron chi connectivity index (χ3n) is 9.38. The van der Waals surface area contributed by atoms with E-state index in [1.165, 1.54) is 0 Å². The molecule has 4 aromatic rings. The number of nitrogen functional groups attached to an aromatic ring is 1. The van der Waals surface area contributed by atoms with Gasteiger partial charge in [-0.15, -0.1) is 0 Å². The van der Waals surface area contributed by atoms with E-state index in [1.807, 2.05) is 105 Å². The Morgan fingerprint density at radius 3 is 2.24 bits per heavy atom. The zero-order chi connectivity index (χ0) is 36.2. The van der Waals surface area contributed by atoms with Gasteiger partial charge < -0.3 is 36.1 Å². The number of likely N-dealkylation sites (N-methyl/N-ethyl adjacent to an activating group) is 1. The van der Waals surface area contributed by atoms with Crippen LogP contribution in [-0.2, 0) is 25.7 Å². The summed E-state index contributed by atoms with van der Waals surface area (Å²) in [7, 11) is 1.99. The van der Waals surface area contributed by atoms with Gasteiger partial charge in [0.25, 0.3) is 0 Å². The lowest BCUT2D eigenvalue weighted by Crippen LogP contribution is -2.43. The fourth-order valence-electron chi connectivity index (χ4n) is 6.25. The first-order chi connectivity index (χ1) is 24.7. The topological polar surface area (TPSA) is 146 Å². The average molecular weight is 695 g/mol. The second kappa shape index (κ2) is 18.6. The molecular weight excluding hydrogens is 644 g/mol. The maximum Gasteiger partial charge on any atom is 0.224 e. The van der Waals surface area contributed by atoms with Gasteiger partial charge in [-0.1, -0.05) is 85.3 Å². The fraction of sp³-hybridized carbons (Fsp3) is 0.366. The zero-order valence-corrected chi connectivity index (χ0v) is 29.4. The molecule has 0 aromatic heterocycles. The van der Waals surface area contributed by atoms with Gasteiger partial charge in [0.15, 0.2) is 6.29 Å². The first-order valence-electron chi connectivity index (χ1n) is 17.7. The third-order valence-corrected chi connectivity index (χ3v) is 9.38. The predicted octanol–water partition coefficient (Wildman–Crippen LogP) is 6.89. The third kappa shape index (κ3) is 11.0. The number of nitrogens with zero attached hydrogens (tertiary/aromatic N) is 1. The van der Waals surface area contributed by atoms with E-state index < -0.39 is 12.4 Å². The minimum absolute atomic E-state index is 0.0348. The number of hydrogen-bond acceptors (Lipinski definition) is 8. The molecule has 6 N–H and O–H groups in total. The number of nitrogens with two attached hydrogens (primary N) is 1. The highest BCUT2D eigenvalue weighted by Gasteiger charge is 2.34. The Balaban J connectivity index is 1.17. The van der Waals surface area contributed by atoms with Crippen molar-refractivity contribution in [2.24, 2.45) is 0 Å². The lowest BCUT2D eigenvalue weighted by atomic mass is 9.98. The van der Waals surface area contributed by atoms with Gasteiger partial charge in [-0.05, 0) is 67.8 Å². The van der Waals surface area contributed by atoms with Gasteiger partial charge >= 0.3 is 0 Å². The molecule has 0 spiro atoms. The summed E-state index contributed by atoms with van der Waals surface area (Å²) in [6.45, 7) is 2.53. The number of hydrogen-bond donors (Lipinski definition) is 5. The highest BCUT2D eigenvalue weighted by atomic mass is 16.7. The summed E-state index contributed by atoms with van der Waals surface area (Å²) < 4.78 is 13.1. The van der Waals surface area contributed by atoms with Crippen molar-refractivity contribution in [1.29, 1.82) is 0 Å². The van der Waals surface area contributed by atoms with Crippen molar-refractivity contribution >= 4 is 28.9 Å². The number of nitrogens with one attached hydrogen (secondary N) is 2. The lowest BCUT2D eigenvalue weighted by molar-refractivity contribution is -0.253. The van der Waals surface area contributed by atoms with Crippen molar-refractivity contribution in [3.8, 4) is 0 Å². The minimum atomic E-state index is -0.691. The summed E-state index contributed by atoms with van der Waals surface area (Å²) in [4.78, 5) is 27.2. The molecule has 10 heteroatoms. The molecule has 1 aliphatic heterocycles. The second-order valence-corrected chi connectivity index (χ2v) is 13.3.